The summed E-state index contributed by atoms with van der Waals surface area (Å²) in [5.74, 6) is 0.513. The Kier molecular flexibility index (Phi) is 5.83. The highest BCUT2D eigenvalue weighted by Gasteiger charge is 2.35. The average Bonchev–Trinajstić information content (AvgIpc) is 2.45. The Bertz CT molecular complexity index is 402. The molecule has 0 heterocycles. The summed E-state index contributed by atoms with van der Waals surface area (Å²) in [6.45, 7) is 6.85. The van der Waals surface area contributed by atoms with E-state index in [1.165, 1.54) is 0 Å². The van der Waals surface area contributed by atoms with Gasteiger partial charge in [0.25, 0.3) is 0 Å². The van der Waals surface area contributed by atoms with Gasteiger partial charge < -0.3 is 9.47 Å². The van der Waals surface area contributed by atoms with Crippen molar-refractivity contribution in [3.63, 3.8) is 0 Å². The Morgan fingerprint density at radius 2 is 1.89 bits per heavy atom. The monoisotopic (exact) mass is 265 g/mol. The van der Waals surface area contributed by atoms with Gasteiger partial charge in [-0.15, -0.1) is 0 Å². The number of methoxy groups -OCH3 is 1. The molecule has 0 fully saturated rings. The predicted octanol–water partition coefficient (Wildman–Crippen LogP) is 2.47. The van der Waals surface area contributed by atoms with Crippen molar-refractivity contribution in [3.8, 4) is 5.75 Å². The molecule has 0 saturated heterocycles. The van der Waals surface area contributed by atoms with Crippen LogP contribution in [0.3, 0.4) is 0 Å². The molecule has 106 valence electrons. The van der Waals surface area contributed by atoms with Crippen LogP contribution in [0.15, 0.2) is 24.3 Å². The van der Waals surface area contributed by atoms with E-state index < -0.39 is 5.54 Å². The van der Waals surface area contributed by atoms with Crippen LogP contribution in [0.4, 0.5) is 0 Å². The number of benzene rings is 1. The molecule has 0 radical (unpaired) electrons. The third-order valence-electron chi connectivity index (χ3n) is 3.08. The molecule has 0 aliphatic rings. The maximum atomic E-state index is 12.2. The number of nitrogens with one attached hydrogen (secondary N) is 1. The lowest BCUT2D eigenvalue weighted by molar-refractivity contribution is -0.151. The van der Waals surface area contributed by atoms with Crippen molar-refractivity contribution < 1.29 is 14.3 Å². The minimum atomic E-state index is -0.821. The van der Waals surface area contributed by atoms with Gasteiger partial charge >= 0.3 is 5.97 Å². The fraction of sp³-hybridized carbons (Fsp3) is 0.533. The van der Waals surface area contributed by atoms with E-state index >= 15 is 0 Å². The highest BCUT2D eigenvalue weighted by molar-refractivity contribution is 5.82. The first-order valence-electron chi connectivity index (χ1n) is 6.65. The minimum Gasteiger partial charge on any atom is -0.497 e. The second-order valence-electron chi connectivity index (χ2n) is 4.50. The van der Waals surface area contributed by atoms with Crippen molar-refractivity contribution in [3.05, 3.63) is 29.8 Å². The van der Waals surface area contributed by atoms with Gasteiger partial charge in [0.15, 0.2) is 0 Å². The standard InChI is InChI=1S/C15H23NO3/c1-5-11-16-15(3,14(17)19-6-2)12-7-9-13(18-4)10-8-12/h7-10,16H,5-6,11H2,1-4H3. The van der Waals surface area contributed by atoms with Gasteiger partial charge in [0.2, 0.25) is 0 Å². The lowest BCUT2D eigenvalue weighted by atomic mass is 9.91. The quantitative estimate of drug-likeness (QED) is 0.769. The maximum absolute atomic E-state index is 12.2. The number of hydrogen-bond donors (Lipinski definition) is 1. The van der Waals surface area contributed by atoms with E-state index in [2.05, 4.69) is 12.2 Å². The molecule has 1 aromatic carbocycles. The Balaban J connectivity index is 3.02. The molecule has 1 N–H and O–H groups in total. The average molecular weight is 265 g/mol. The maximum Gasteiger partial charge on any atom is 0.330 e. The number of esters is 1. The third kappa shape index (κ3) is 3.70. The summed E-state index contributed by atoms with van der Waals surface area (Å²) < 4.78 is 10.3. The van der Waals surface area contributed by atoms with Gasteiger partial charge in [0.1, 0.15) is 11.3 Å². The number of carbonyl (C=O) groups excluding carboxylic acids is 1. The Hall–Kier alpha value is -1.55. The largest absolute Gasteiger partial charge is 0.497 e. The molecule has 0 spiro atoms. The molecular weight excluding hydrogens is 242 g/mol. The number of rotatable bonds is 7. The minimum absolute atomic E-state index is 0.256. The van der Waals surface area contributed by atoms with E-state index in [-0.39, 0.29) is 5.97 Å². The highest BCUT2D eigenvalue weighted by Crippen LogP contribution is 2.25. The molecule has 1 unspecified atom stereocenters. The number of ether oxygens (including phenoxy) is 2. The lowest BCUT2D eigenvalue weighted by Gasteiger charge is -2.29. The van der Waals surface area contributed by atoms with Gasteiger partial charge in [-0.05, 0) is 44.5 Å². The van der Waals surface area contributed by atoms with Crippen molar-refractivity contribution >= 4 is 5.97 Å². The molecule has 1 aromatic rings. The van der Waals surface area contributed by atoms with E-state index in [0.717, 1.165) is 24.3 Å². The normalized spacial score (nSPS) is 13.7. The van der Waals surface area contributed by atoms with Crippen molar-refractivity contribution in [2.45, 2.75) is 32.7 Å². The van der Waals surface area contributed by atoms with Gasteiger partial charge in [-0.25, -0.2) is 4.79 Å². The molecular formula is C15H23NO3. The zero-order valence-corrected chi connectivity index (χ0v) is 12.2. The number of hydrogen-bond acceptors (Lipinski definition) is 4. The second-order valence-corrected chi connectivity index (χ2v) is 4.50. The van der Waals surface area contributed by atoms with Crippen molar-refractivity contribution in [2.75, 3.05) is 20.3 Å². The van der Waals surface area contributed by atoms with E-state index in [0.29, 0.717) is 6.61 Å². The molecule has 0 aromatic heterocycles. The lowest BCUT2D eigenvalue weighted by Crippen LogP contribution is -2.48. The van der Waals surface area contributed by atoms with E-state index in [9.17, 15) is 4.79 Å². The number of carbonyl (C=O) groups is 1. The molecule has 0 aliphatic carbocycles. The fourth-order valence-electron chi connectivity index (χ4n) is 1.87. The Labute approximate surface area is 115 Å². The van der Waals surface area contributed by atoms with Gasteiger partial charge in [-0.1, -0.05) is 19.1 Å². The van der Waals surface area contributed by atoms with Gasteiger partial charge in [-0.2, -0.15) is 0 Å². The molecule has 0 saturated carbocycles. The first-order chi connectivity index (χ1) is 9.08. The van der Waals surface area contributed by atoms with Gasteiger partial charge in [0.05, 0.1) is 13.7 Å². The van der Waals surface area contributed by atoms with Crippen LogP contribution in [-0.2, 0) is 15.1 Å². The van der Waals surface area contributed by atoms with Gasteiger partial charge in [0, 0.05) is 0 Å². The molecule has 0 amide bonds. The highest BCUT2D eigenvalue weighted by atomic mass is 16.5. The summed E-state index contributed by atoms with van der Waals surface area (Å²) in [6.07, 6.45) is 0.950. The van der Waals surface area contributed by atoms with Crippen molar-refractivity contribution in [2.24, 2.45) is 0 Å². The van der Waals surface area contributed by atoms with Crippen molar-refractivity contribution in [1.82, 2.24) is 5.32 Å². The zero-order chi connectivity index (χ0) is 14.3. The van der Waals surface area contributed by atoms with Crippen LogP contribution in [0.5, 0.6) is 5.75 Å². The zero-order valence-electron chi connectivity index (χ0n) is 12.2. The summed E-state index contributed by atoms with van der Waals surface area (Å²) >= 11 is 0. The molecule has 0 aliphatic heterocycles. The van der Waals surface area contributed by atoms with Crippen molar-refractivity contribution in [1.29, 1.82) is 0 Å². The Morgan fingerprint density at radius 1 is 1.26 bits per heavy atom. The van der Waals surface area contributed by atoms with E-state index in [1.807, 2.05) is 38.1 Å². The topological polar surface area (TPSA) is 47.6 Å². The Morgan fingerprint density at radius 3 is 2.37 bits per heavy atom. The molecule has 0 bridgehead atoms. The summed E-state index contributed by atoms with van der Waals surface area (Å²) in [5, 5.41) is 3.27. The second kappa shape index (κ2) is 7.14. The van der Waals surface area contributed by atoms with Crippen LogP contribution in [0, 0.1) is 0 Å². The van der Waals surface area contributed by atoms with Crippen LogP contribution >= 0.6 is 0 Å². The van der Waals surface area contributed by atoms with Crippen LogP contribution in [0.25, 0.3) is 0 Å². The smallest absolute Gasteiger partial charge is 0.330 e. The molecule has 4 heteroatoms. The van der Waals surface area contributed by atoms with E-state index in [1.54, 1.807) is 7.11 Å². The van der Waals surface area contributed by atoms with E-state index in [4.69, 9.17) is 9.47 Å². The first-order valence-corrected chi connectivity index (χ1v) is 6.65. The van der Waals surface area contributed by atoms with Crippen LogP contribution in [0.1, 0.15) is 32.8 Å². The molecule has 1 atom stereocenters. The molecule has 19 heavy (non-hydrogen) atoms. The summed E-state index contributed by atoms with van der Waals surface area (Å²) in [4.78, 5) is 12.2. The first kappa shape index (κ1) is 15.5. The molecule has 1 rings (SSSR count). The predicted molar refractivity (Wildman–Crippen MR) is 75.3 cm³/mol. The summed E-state index contributed by atoms with van der Waals surface area (Å²) in [5.41, 5.74) is 0.0540. The van der Waals surface area contributed by atoms with Crippen LogP contribution in [0.2, 0.25) is 0 Å². The molecule has 4 nitrogen and oxygen atoms in total. The summed E-state index contributed by atoms with van der Waals surface area (Å²) in [6, 6.07) is 7.47. The van der Waals surface area contributed by atoms with Crippen LogP contribution < -0.4 is 10.1 Å². The summed E-state index contributed by atoms with van der Waals surface area (Å²) in [7, 11) is 1.62. The SMILES string of the molecule is CCCNC(C)(C(=O)OCC)c1ccc(OC)cc1. The third-order valence-corrected chi connectivity index (χ3v) is 3.08. The van der Waals surface area contributed by atoms with Gasteiger partial charge in [-0.3, -0.25) is 5.32 Å². The van der Waals surface area contributed by atoms with Crippen LogP contribution in [-0.4, -0.2) is 26.2 Å². The fourth-order valence-corrected chi connectivity index (χ4v) is 1.87.